The fourth-order valence-corrected chi connectivity index (χ4v) is 8.77. The Labute approximate surface area is 283 Å². The number of allylic oxidation sites excluding steroid dienone is 4. The highest BCUT2D eigenvalue weighted by molar-refractivity contribution is 5.91. The molecule has 0 radical (unpaired) electrons. The molecule has 1 unspecified atom stereocenters. The molecular weight excluding hydrogens is 581 g/mol. The van der Waals surface area contributed by atoms with E-state index in [-0.39, 0.29) is 16.7 Å². The third kappa shape index (κ3) is 4.18. The standard InChI is InChI=1S/C46H40N2/c1-6-33-42(30-20-19-28-13-7-8-14-29(28)25-30)47-44(32-22-24-37-35-16-10-12-18-39(35)46(4,5)41(37)27-32)48-43(33)31-21-23-36-34-15-9-11-17-38(34)45(2,3)40(36)26-31/h7-21,23-27,32H,6,22H2,1-5H3. The zero-order valence-corrected chi connectivity index (χ0v) is 28.4. The normalized spacial score (nSPS) is 18.1. The molecule has 48 heavy (non-hydrogen) atoms. The topological polar surface area (TPSA) is 25.8 Å². The fraction of sp³-hybridized carbons (Fsp3) is 0.217. The predicted octanol–water partition coefficient (Wildman–Crippen LogP) is 11.6. The second kappa shape index (κ2) is 10.5. The van der Waals surface area contributed by atoms with Crippen LogP contribution in [0.5, 0.6) is 0 Å². The molecule has 1 atom stereocenters. The summed E-state index contributed by atoms with van der Waals surface area (Å²) in [6.45, 7) is 11.7. The SMILES string of the molecule is CCc1c(-c2ccc3c(c2)C(C)(C)c2ccccc2-3)nc(C2C=C3C(=CC2)c2ccccc2C3(C)C)nc1-c1ccc2ccccc2c1. The van der Waals surface area contributed by atoms with E-state index < -0.39 is 0 Å². The summed E-state index contributed by atoms with van der Waals surface area (Å²) in [5.74, 6) is 0.999. The number of aromatic nitrogens is 2. The van der Waals surface area contributed by atoms with Crippen LogP contribution in [0.2, 0.25) is 0 Å². The summed E-state index contributed by atoms with van der Waals surface area (Å²) in [4.78, 5) is 11.0. The quantitative estimate of drug-likeness (QED) is 0.196. The minimum Gasteiger partial charge on any atom is -0.232 e. The third-order valence-corrected chi connectivity index (χ3v) is 11.4. The zero-order chi connectivity index (χ0) is 32.8. The largest absolute Gasteiger partial charge is 0.232 e. The van der Waals surface area contributed by atoms with E-state index in [0.29, 0.717) is 0 Å². The second-order valence-corrected chi connectivity index (χ2v) is 14.8. The first-order valence-corrected chi connectivity index (χ1v) is 17.4. The zero-order valence-electron chi connectivity index (χ0n) is 28.4. The maximum atomic E-state index is 5.53. The molecule has 0 N–H and O–H groups in total. The van der Waals surface area contributed by atoms with Gasteiger partial charge in [-0.05, 0) is 80.3 Å². The number of rotatable bonds is 4. The summed E-state index contributed by atoms with van der Waals surface area (Å²) in [5, 5.41) is 2.47. The minimum atomic E-state index is -0.0800. The van der Waals surface area contributed by atoms with Crippen LogP contribution in [0, 0.1) is 0 Å². The van der Waals surface area contributed by atoms with Crippen molar-refractivity contribution in [3.05, 3.63) is 161 Å². The second-order valence-electron chi connectivity index (χ2n) is 14.8. The first-order chi connectivity index (χ1) is 23.3. The van der Waals surface area contributed by atoms with Gasteiger partial charge in [0.1, 0.15) is 5.82 Å². The van der Waals surface area contributed by atoms with E-state index >= 15 is 0 Å². The van der Waals surface area contributed by atoms with Crippen molar-refractivity contribution in [3.8, 4) is 33.6 Å². The Morgan fingerprint density at radius 2 is 1.21 bits per heavy atom. The van der Waals surface area contributed by atoms with Crippen LogP contribution in [0.1, 0.15) is 80.6 Å². The van der Waals surface area contributed by atoms with Crippen LogP contribution in [-0.2, 0) is 17.3 Å². The Morgan fingerprint density at radius 3 is 1.96 bits per heavy atom. The average Bonchev–Trinajstić information content (AvgIpc) is 3.50. The Hall–Kier alpha value is -5.08. The molecule has 9 rings (SSSR count). The van der Waals surface area contributed by atoms with Crippen molar-refractivity contribution >= 4 is 16.3 Å². The van der Waals surface area contributed by atoms with Crippen molar-refractivity contribution in [2.45, 2.75) is 64.2 Å². The lowest BCUT2D eigenvalue weighted by molar-refractivity contribution is 0.643. The van der Waals surface area contributed by atoms with Gasteiger partial charge >= 0.3 is 0 Å². The molecular formula is C46H40N2. The lowest BCUT2D eigenvalue weighted by Gasteiger charge is -2.27. The van der Waals surface area contributed by atoms with Crippen LogP contribution in [0.3, 0.4) is 0 Å². The molecule has 0 saturated heterocycles. The van der Waals surface area contributed by atoms with Crippen molar-refractivity contribution in [3.63, 3.8) is 0 Å². The van der Waals surface area contributed by atoms with Gasteiger partial charge in [0, 0.05) is 33.4 Å². The fourth-order valence-electron chi connectivity index (χ4n) is 8.77. The maximum Gasteiger partial charge on any atom is 0.136 e. The monoisotopic (exact) mass is 620 g/mol. The van der Waals surface area contributed by atoms with Gasteiger partial charge in [0.2, 0.25) is 0 Å². The van der Waals surface area contributed by atoms with Crippen LogP contribution >= 0.6 is 0 Å². The van der Waals surface area contributed by atoms with Crippen molar-refractivity contribution in [2.75, 3.05) is 0 Å². The van der Waals surface area contributed by atoms with Gasteiger partial charge in [0.15, 0.2) is 0 Å². The third-order valence-electron chi connectivity index (χ3n) is 11.4. The molecule has 5 aromatic carbocycles. The highest BCUT2D eigenvalue weighted by Crippen LogP contribution is 2.53. The number of fused-ring (bicyclic) bond motifs is 7. The minimum absolute atomic E-state index is 0.0605. The number of hydrogen-bond donors (Lipinski definition) is 0. The first-order valence-electron chi connectivity index (χ1n) is 17.4. The highest BCUT2D eigenvalue weighted by Gasteiger charge is 2.40. The molecule has 1 aromatic heterocycles. The Balaban J connectivity index is 1.24. The van der Waals surface area contributed by atoms with Gasteiger partial charge in [-0.3, -0.25) is 0 Å². The van der Waals surface area contributed by atoms with Gasteiger partial charge in [-0.25, -0.2) is 9.97 Å². The Morgan fingerprint density at radius 1 is 0.604 bits per heavy atom. The van der Waals surface area contributed by atoms with E-state index in [1.54, 1.807) is 0 Å². The van der Waals surface area contributed by atoms with Crippen molar-refractivity contribution in [2.24, 2.45) is 0 Å². The number of nitrogens with zero attached hydrogens (tertiary/aromatic N) is 2. The van der Waals surface area contributed by atoms with E-state index in [0.717, 1.165) is 35.6 Å². The van der Waals surface area contributed by atoms with Gasteiger partial charge in [0.25, 0.3) is 0 Å². The average molecular weight is 621 g/mol. The lowest BCUT2D eigenvalue weighted by atomic mass is 9.78. The summed E-state index contributed by atoms with van der Waals surface area (Å²) < 4.78 is 0. The maximum absolute atomic E-state index is 5.53. The number of hydrogen-bond acceptors (Lipinski definition) is 2. The van der Waals surface area contributed by atoms with Crippen LogP contribution in [0.25, 0.3) is 50.0 Å². The molecule has 0 fully saturated rings. The molecule has 0 saturated carbocycles. The molecule has 0 aliphatic heterocycles. The van der Waals surface area contributed by atoms with E-state index in [1.165, 1.54) is 66.4 Å². The Kier molecular flexibility index (Phi) is 6.34. The molecule has 0 spiro atoms. The van der Waals surface area contributed by atoms with Gasteiger partial charge in [-0.1, -0.05) is 144 Å². The van der Waals surface area contributed by atoms with Crippen molar-refractivity contribution in [1.29, 1.82) is 0 Å². The molecule has 2 nitrogen and oxygen atoms in total. The summed E-state index contributed by atoms with van der Waals surface area (Å²) in [5.41, 5.74) is 16.5. The summed E-state index contributed by atoms with van der Waals surface area (Å²) in [6, 6.07) is 40.2. The van der Waals surface area contributed by atoms with Crippen LogP contribution in [-0.4, -0.2) is 9.97 Å². The molecule has 1 heterocycles. The van der Waals surface area contributed by atoms with Crippen LogP contribution < -0.4 is 0 Å². The first kappa shape index (κ1) is 29.1. The number of benzene rings is 5. The van der Waals surface area contributed by atoms with Gasteiger partial charge in [-0.15, -0.1) is 0 Å². The summed E-state index contributed by atoms with van der Waals surface area (Å²) in [6.07, 6.45) is 6.65. The van der Waals surface area contributed by atoms with Gasteiger partial charge in [-0.2, -0.15) is 0 Å². The smallest absolute Gasteiger partial charge is 0.136 e. The molecule has 2 heteroatoms. The predicted molar refractivity (Wildman–Crippen MR) is 200 cm³/mol. The van der Waals surface area contributed by atoms with Crippen molar-refractivity contribution < 1.29 is 0 Å². The van der Waals surface area contributed by atoms with E-state index in [2.05, 4.69) is 156 Å². The molecule has 3 aliphatic rings. The van der Waals surface area contributed by atoms with Crippen molar-refractivity contribution in [1.82, 2.24) is 9.97 Å². The lowest BCUT2D eigenvalue weighted by Crippen LogP contribution is -2.18. The van der Waals surface area contributed by atoms with Crippen LogP contribution in [0.4, 0.5) is 0 Å². The molecule has 234 valence electrons. The summed E-state index contributed by atoms with van der Waals surface area (Å²) >= 11 is 0. The van der Waals surface area contributed by atoms with Crippen LogP contribution in [0.15, 0.2) is 127 Å². The van der Waals surface area contributed by atoms with Gasteiger partial charge in [0.05, 0.1) is 11.4 Å². The highest BCUT2D eigenvalue weighted by atomic mass is 14.9. The molecule has 0 bridgehead atoms. The van der Waals surface area contributed by atoms with E-state index in [4.69, 9.17) is 9.97 Å². The molecule has 3 aliphatic carbocycles. The van der Waals surface area contributed by atoms with E-state index in [1.807, 2.05) is 0 Å². The molecule has 0 amide bonds. The molecule has 6 aromatic rings. The van der Waals surface area contributed by atoms with E-state index in [9.17, 15) is 0 Å². The Bertz CT molecular complexity index is 2370. The van der Waals surface area contributed by atoms with Gasteiger partial charge < -0.3 is 0 Å². The summed E-state index contributed by atoms with van der Waals surface area (Å²) in [7, 11) is 0.